The first-order valence-electron chi connectivity index (χ1n) is 6.95. The van der Waals surface area contributed by atoms with E-state index in [9.17, 15) is 13.2 Å². The van der Waals surface area contributed by atoms with Crippen molar-refractivity contribution in [3.8, 4) is 0 Å². The van der Waals surface area contributed by atoms with Crippen molar-refractivity contribution in [1.82, 2.24) is 5.32 Å². The highest BCUT2D eigenvalue weighted by atomic mass is 19.4. The molecule has 2 unspecified atom stereocenters. The number of alkyl halides is 3. The van der Waals surface area contributed by atoms with Gasteiger partial charge in [-0.2, -0.15) is 13.2 Å². The van der Waals surface area contributed by atoms with E-state index in [1.54, 1.807) is 18.2 Å². The van der Waals surface area contributed by atoms with Crippen LogP contribution in [0.2, 0.25) is 0 Å². The Morgan fingerprint density at radius 2 is 1.80 bits per heavy atom. The molecule has 0 aliphatic carbocycles. The molecule has 0 heterocycles. The first-order chi connectivity index (χ1) is 9.49. The van der Waals surface area contributed by atoms with Crippen LogP contribution in [0, 0.1) is 5.92 Å². The van der Waals surface area contributed by atoms with E-state index in [0.717, 1.165) is 12.8 Å². The number of halogens is 3. The molecule has 1 aromatic carbocycles. The fraction of sp³-hybridized carbons (Fsp3) is 0.600. The van der Waals surface area contributed by atoms with Crippen LogP contribution in [-0.2, 0) is 0 Å². The first kappa shape index (κ1) is 17.0. The second-order valence-corrected chi connectivity index (χ2v) is 4.96. The second kappa shape index (κ2) is 8.27. The lowest BCUT2D eigenvalue weighted by molar-refractivity contribution is -0.158. The van der Waals surface area contributed by atoms with Crippen molar-refractivity contribution in [2.75, 3.05) is 13.2 Å². The monoisotopic (exact) mass is 289 g/mol. The van der Waals surface area contributed by atoms with E-state index in [1.807, 2.05) is 6.92 Å². The lowest BCUT2D eigenvalue weighted by Crippen LogP contribution is -2.37. The lowest BCUT2D eigenvalue weighted by atomic mass is 9.98. The second-order valence-electron chi connectivity index (χ2n) is 4.96. The summed E-state index contributed by atoms with van der Waals surface area (Å²) in [6.45, 7) is 2.25. The zero-order valence-corrected chi connectivity index (χ0v) is 11.7. The van der Waals surface area contributed by atoms with Crippen LogP contribution in [0.15, 0.2) is 30.3 Å². The Morgan fingerprint density at radius 3 is 2.30 bits per heavy atom. The Bertz CT molecular complexity index is 361. The summed E-state index contributed by atoms with van der Waals surface area (Å²) in [5.74, 6) is 0.0681. The van der Waals surface area contributed by atoms with Crippen molar-refractivity contribution in [3.63, 3.8) is 0 Å². The van der Waals surface area contributed by atoms with Crippen LogP contribution in [0.3, 0.4) is 0 Å². The molecular formula is C15H22F3NO. The van der Waals surface area contributed by atoms with Crippen LogP contribution in [0.25, 0.3) is 0 Å². The van der Waals surface area contributed by atoms with Crippen molar-refractivity contribution in [1.29, 1.82) is 0 Å². The van der Waals surface area contributed by atoms with Gasteiger partial charge >= 0.3 is 6.18 Å². The molecule has 1 rings (SSSR count). The number of rotatable bonds is 8. The summed E-state index contributed by atoms with van der Waals surface area (Å²) in [6.07, 6.45) is -2.08. The summed E-state index contributed by atoms with van der Waals surface area (Å²) in [6, 6.07) is 6.21. The van der Waals surface area contributed by atoms with E-state index in [-0.39, 0.29) is 24.6 Å². The van der Waals surface area contributed by atoms with Crippen molar-refractivity contribution in [2.24, 2.45) is 5.92 Å². The Labute approximate surface area is 118 Å². The Kier molecular flexibility index (Phi) is 7.02. The highest BCUT2D eigenvalue weighted by Crippen LogP contribution is 2.32. The standard InChI is InChI=1S/C15H22F3NO/c1-2-6-12(9-10-20)11-19-14(15(16,17)18)13-7-4-3-5-8-13/h3-5,7-8,12,14,19-20H,2,6,9-11H2,1H3. The van der Waals surface area contributed by atoms with Gasteiger partial charge in [0.1, 0.15) is 6.04 Å². The van der Waals surface area contributed by atoms with Crippen LogP contribution in [-0.4, -0.2) is 24.4 Å². The minimum absolute atomic E-state index is 0.00830. The van der Waals surface area contributed by atoms with E-state index >= 15 is 0 Å². The molecule has 0 aliphatic rings. The van der Waals surface area contributed by atoms with Crippen LogP contribution in [0.4, 0.5) is 13.2 Å². The van der Waals surface area contributed by atoms with Gasteiger partial charge in [0, 0.05) is 6.61 Å². The van der Waals surface area contributed by atoms with Crippen molar-refractivity contribution in [2.45, 2.75) is 38.4 Å². The molecule has 0 aliphatic heterocycles. The average Bonchev–Trinajstić information content (AvgIpc) is 2.39. The zero-order chi connectivity index (χ0) is 15.0. The predicted molar refractivity (Wildman–Crippen MR) is 73.3 cm³/mol. The van der Waals surface area contributed by atoms with Crippen molar-refractivity contribution in [3.05, 3.63) is 35.9 Å². The first-order valence-corrected chi connectivity index (χ1v) is 6.95. The number of hydrogen-bond donors (Lipinski definition) is 2. The van der Waals surface area contributed by atoms with Gasteiger partial charge in [-0.1, -0.05) is 43.7 Å². The SMILES string of the molecule is CCCC(CCO)CNC(c1ccccc1)C(F)(F)F. The molecular weight excluding hydrogens is 267 g/mol. The molecule has 20 heavy (non-hydrogen) atoms. The molecule has 0 radical (unpaired) electrons. The number of nitrogens with one attached hydrogen (secondary N) is 1. The molecule has 0 fully saturated rings. The number of aliphatic hydroxyl groups is 1. The van der Waals surface area contributed by atoms with Crippen LogP contribution >= 0.6 is 0 Å². The minimum Gasteiger partial charge on any atom is -0.396 e. The van der Waals surface area contributed by atoms with Gasteiger partial charge in [-0.3, -0.25) is 0 Å². The van der Waals surface area contributed by atoms with E-state index < -0.39 is 12.2 Å². The third-order valence-electron chi connectivity index (χ3n) is 3.31. The molecule has 0 spiro atoms. The molecule has 1 aromatic rings. The van der Waals surface area contributed by atoms with E-state index in [1.165, 1.54) is 12.1 Å². The van der Waals surface area contributed by atoms with Crippen LogP contribution in [0.5, 0.6) is 0 Å². The topological polar surface area (TPSA) is 32.3 Å². The highest BCUT2D eigenvalue weighted by molar-refractivity contribution is 5.20. The summed E-state index contributed by atoms with van der Waals surface area (Å²) >= 11 is 0. The molecule has 2 nitrogen and oxygen atoms in total. The van der Waals surface area contributed by atoms with Crippen molar-refractivity contribution >= 4 is 0 Å². The van der Waals surface area contributed by atoms with Gasteiger partial charge in [-0.15, -0.1) is 0 Å². The maximum Gasteiger partial charge on any atom is 0.407 e. The van der Waals surface area contributed by atoms with Gasteiger partial charge in [-0.25, -0.2) is 0 Å². The van der Waals surface area contributed by atoms with Gasteiger partial charge < -0.3 is 10.4 Å². The smallest absolute Gasteiger partial charge is 0.396 e. The van der Waals surface area contributed by atoms with Crippen molar-refractivity contribution < 1.29 is 18.3 Å². The Hall–Kier alpha value is -1.07. The fourth-order valence-electron chi connectivity index (χ4n) is 2.29. The lowest BCUT2D eigenvalue weighted by Gasteiger charge is -2.25. The van der Waals surface area contributed by atoms with E-state index in [0.29, 0.717) is 6.42 Å². The van der Waals surface area contributed by atoms with Gasteiger partial charge in [0.25, 0.3) is 0 Å². The minimum atomic E-state index is -4.32. The maximum absolute atomic E-state index is 13.1. The number of hydrogen-bond acceptors (Lipinski definition) is 2. The molecule has 0 saturated heterocycles. The maximum atomic E-state index is 13.1. The number of aliphatic hydroxyl groups excluding tert-OH is 1. The van der Waals surface area contributed by atoms with Gasteiger partial charge in [-0.05, 0) is 30.9 Å². The van der Waals surface area contributed by atoms with Crippen LogP contribution < -0.4 is 5.32 Å². The third-order valence-corrected chi connectivity index (χ3v) is 3.31. The zero-order valence-electron chi connectivity index (χ0n) is 11.7. The summed E-state index contributed by atoms with van der Waals surface area (Å²) < 4.78 is 39.3. The molecule has 5 heteroatoms. The Morgan fingerprint density at radius 1 is 1.15 bits per heavy atom. The summed E-state index contributed by atoms with van der Waals surface area (Å²) in [5.41, 5.74) is 0.222. The summed E-state index contributed by atoms with van der Waals surface area (Å²) in [5, 5.41) is 11.6. The number of benzene rings is 1. The molecule has 0 bridgehead atoms. The van der Waals surface area contributed by atoms with Gasteiger partial charge in [0.05, 0.1) is 0 Å². The van der Waals surface area contributed by atoms with E-state index in [2.05, 4.69) is 5.32 Å². The molecule has 0 aromatic heterocycles. The molecule has 0 saturated carbocycles. The summed E-state index contributed by atoms with van der Waals surface area (Å²) in [7, 11) is 0. The summed E-state index contributed by atoms with van der Waals surface area (Å²) in [4.78, 5) is 0. The average molecular weight is 289 g/mol. The van der Waals surface area contributed by atoms with Gasteiger partial charge in [0.15, 0.2) is 0 Å². The van der Waals surface area contributed by atoms with E-state index in [4.69, 9.17) is 5.11 Å². The largest absolute Gasteiger partial charge is 0.407 e. The quantitative estimate of drug-likeness (QED) is 0.765. The third kappa shape index (κ3) is 5.51. The highest BCUT2D eigenvalue weighted by Gasteiger charge is 2.40. The fourth-order valence-corrected chi connectivity index (χ4v) is 2.29. The Balaban J connectivity index is 2.71. The normalized spacial score (nSPS) is 15.1. The van der Waals surface area contributed by atoms with Crippen LogP contribution in [0.1, 0.15) is 37.8 Å². The molecule has 114 valence electrons. The molecule has 2 N–H and O–H groups in total. The molecule has 0 amide bonds. The molecule has 2 atom stereocenters. The van der Waals surface area contributed by atoms with Gasteiger partial charge in [0.2, 0.25) is 0 Å². The predicted octanol–water partition coefficient (Wildman–Crippen LogP) is 3.68.